The summed E-state index contributed by atoms with van der Waals surface area (Å²) in [5.74, 6) is 0.549. The van der Waals surface area contributed by atoms with E-state index in [0.29, 0.717) is 32.6 Å². The van der Waals surface area contributed by atoms with E-state index in [0.717, 1.165) is 16.9 Å². The number of carbonyl (C=O) groups excluding carboxylic acids is 2. The van der Waals surface area contributed by atoms with E-state index in [1.54, 1.807) is 18.0 Å². The molecule has 0 aliphatic carbocycles. The van der Waals surface area contributed by atoms with Gasteiger partial charge in [-0.1, -0.05) is 18.2 Å². The Hall–Kier alpha value is -2.87. The Labute approximate surface area is 164 Å². The van der Waals surface area contributed by atoms with Crippen LogP contribution in [-0.2, 0) is 29.6 Å². The molecule has 2 N–H and O–H groups in total. The second-order valence-electron chi connectivity index (χ2n) is 6.92. The van der Waals surface area contributed by atoms with Crippen LogP contribution in [0.4, 0.5) is 0 Å². The lowest BCUT2D eigenvalue weighted by molar-refractivity contribution is -0.134. The smallest absolute Gasteiger partial charge is 0.237 e. The molecule has 0 radical (unpaired) electrons. The molecule has 8 heteroatoms. The van der Waals surface area contributed by atoms with Gasteiger partial charge in [-0.05, 0) is 18.1 Å². The van der Waals surface area contributed by atoms with Gasteiger partial charge in [0.1, 0.15) is 5.75 Å². The van der Waals surface area contributed by atoms with Crippen molar-refractivity contribution in [3.63, 3.8) is 0 Å². The fourth-order valence-electron chi connectivity index (χ4n) is 3.42. The third-order valence-electron chi connectivity index (χ3n) is 4.88. The summed E-state index contributed by atoms with van der Waals surface area (Å²) in [7, 11) is 3.50. The van der Waals surface area contributed by atoms with Crippen molar-refractivity contribution >= 4 is 11.8 Å². The SMILES string of the molecule is COc1ccccc1CN1CCNC(=O)C1CC(=O)NCCc1cnn(C)c1. The van der Waals surface area contributed by atoms with Gasteiger partial charge in [-0.15, -0.1) is 0 Å². The number of para-hydroxylation sites is 1. The Morgan fingerprint density at radius 2 is 2.21 bits per heavy atom. The molecule has 1 aromatic carbocycles. The molecule has 0 saturated carbocycles. The van der Waals surface area contributed by atoms with E-state index in [9.17, 15) is 9.59 Å². The van der Waals surface area contributed by atoms with Crippen LogP contribution in [0.2, 0.25) is 0 Å². The Morgan fingerprint density at radius 3 is 2.96 bits per heavy atom. The molecule has 1 fully saturated rings. The van der Waals surface area contributed by atoms with Crippen LogP contribution in [0, 0.1) is 0 Å². The molecular formula is C20H27N5O3. The number of nitrogens with zero attached hydrogens (tertiary/aromatic N) is 3. The summed E-state index contributed by atoms with van der Waals surface area (Å²) in [6, 6.07) is 7.26. The first-order chi connectivity index (χ1) is 13.6. The molecule has 0 spiro atoms. The quantitative estimate of drug-likeness (QED) is 0.690. The highest BCUT2D eigenvalue weighted by Crippen LogP contribution is 2.21. The van der Waals surface area contributed by atoms with Crippen molar-refractivity contribution in [2.24, 2.45) is 7.05 Å². The third-order valence-corrected chi connectivity index (χ3v) is 4.88. The van der Waals surface area contributed by atoms with Crippen molar-refractivity contribution in [2.75, 3.05) is 26.7 Å². The molecule has 0 bridgehead atoms. The number of amides is 2. The minimum atomic E-state index is -0.489. The number of aromatic nitrogens is 2. The fraction of sp³-hybridized carbons (Fsp3) is 0.450. The molecule has 1 aliphatic rings. The van der Waals surface area contributed by atoms with Crippen molar-refractivity contribution in [2.45, 2.75) is 25.4 Å². The summed E-state index contributed by atoms with van der Waals surface area (Å²) in [6.45, 7) is 2.35. The number of rotatable bonds is 8. The number of aryl methyl sites for hydroxylation is 1. The molecule has 1 unspecified atom stereocenters. The normalized spacial score (nSPS) is 17.2. The minimum Gasteiger partial charge on any atom is -0.496 e. The maximum Gasteiger partial charge on any atom is 0.237 e. The number of carbonyl (C=O) groups is 2. The zero-order valence-electron chi connectivity index (χ0n) is 16.4. The monoisotopic (exact) mass is 385 g/mol. The Bertz CT molecular complexity index is 820. The van der Waals surface area contributed by atoms with E-state index < -0.39 is 6.04 Å². The Kier molecular flexibility index (Phi) is 6.65. The standard InChI is InChI=1S/C20H27N5O3/c1-24-13-15(12-23-24)7-8-21-19(26)11-17-20(27)22-9-10-25(17)14-16-5-3-4-6-18(16)28-2/h3-6,12-13,17H,7-11,14H2,1-2H3,(H,21,26)(H,22,27). The van der Waals surface area contributed by atoms with Crippen molar-refractivity contribution in [1.82, 2.24) is 25.3 Å². The topological polar surface area (TPSA) is 88.5 Å². The van der Waals surface area contributed by atoms with Crippen LogP contribution >= 0.6 is 0 Å². The largest absolute Gasteiger partial charge is 0.496 e. The van der Waals surface area contributed by atoms with Gasteiger partial charge in [0.25, 0.3) is 0 Å². The van der Waals surface area contributed by atoms with Crippen molar-refractivity contribution < 1.29 is 14.3 Å². The number of benzene rings is 1. The summed E-state index contributed by atoms with van der Waals surface area (Å²) in [6.07, 6.45) is 4.56. The molecule has 28 heavy (non-hydrogen) atoms. The van der Waals surface area contributed by atoms with Crippen LogP contribution in [-0.4, -0.2) is 59.3 Å². The molecule has 3 rings (SSSR count). The first kappa shape index (κ1) is 19.9. The lowest BCUT2D eigenvalue weighted by Crippen LogP contribution is -2.56. The summed E-state index contributed by atoms with van der Waals surface area (Å²) in [5, 5.41) is 9.89. The molecule has 2 heterocycles. The first-order valence-electron chi connectivity index (χ1n) is 9.44. The molecule has 150 valence electrons. The maximum atomic E-state index is 12.4. The predicted octanol–water partition coefficient (Wildman–Crippen LogP) is 0.478. The van der Waals surface area contributed by atoms with E-state index >= 15 is 0 Å². The zero-order chi connectivity index (χ0) is 19.9. The Balaban J connectivity index is 1.57. The molecule has 1 atom stereocenters. The number of hydrogen-bond donors (Lipinski definition) is 2. The van der Waals surface area contributed by atoms with Crippen LogP contribution in [0.15, 0.2) is 36.7 Å². The predicted molar refractivity (Wildman–Crippen MR) is 105 cm³/mol. The molecule has 1 aliphatic heterocycles. The average molecular weight is 385 g/mol. The summed E-state index contributed by atoms with van der Waals surface area (Å²) < 4.78 is 7.15. The van der Waals surface area contributed by atoms with Gasteiger partial charge in [-0.25, -0.2) is 0 Å². The number of methoxy groups -OCH3 is 1. The molecule has 1 aromatic heterocycles. The maximum absolute atomic E-state index is 12.4. The van der Waals surface area contributed by atoms with E-state index in [1.165, 1.54) is 0 Å². The van der Waals surface area contributed by atoms with E-state index in [1.807, 2.05) is 42.4 Å². The molecule has 2 amide bonds. The summed E-state index contributed by atoms with van der Waals surface area (Å²) in [4.78, 5) is 26.9. The minimum absolute atomic E-state index is 0.108. The summed E-state index contributed by atoms with van der Waals surface area (Å²) in [5.41, 5.74) is 2.07. The average Bonchev–Trinajstić information content (AvgIpc) is 3.10. The van der Waals surface area contributed by atoms with Crippen molar-refractivity contribution in [3.8, 4) is 5.75 Å². The van der Waals surface area contributed by atoms with Crippen LogP contribution in [0.5, 0.6) is 5.75 Å². The van der Waals surface area contributed by atoms with Crippen LogP contribution < -0.4 is 15.4 Å². The molecule has 8 nitrogen and oxygen atoms in total. The highest BCUT2D eigenvalue weighted by Gasteiger charge is 2.31. The van der Waals surface area contributed by atoms with Gasteiger partial charge in [-0.2, -0.15) is 5.10 Å². The number of piperazine rings is 1. The summed E-state index contributed by atoms with van der Waals surface area (Å²) >= 11 is 0. The van der Waals surface area contributed by atoms with Crippen molar-refractivity contribution in [3.05, 3.63) is 47.8 Å². The van der Waals surface area contributed by atoms with Crippen LogP contribution in [0.1, 0.15) is 17.5 Å². The van der Waals surface area contributed by atoms with E-state index in [4.69, 9.17) is 4.74 Å². The highest BCUT2D eigenvalue weighted by molar-refractivity contribution is 5.88. The zero-order valence-corrected chi connectivity index (χ0v) is 16.4. The van der Waals surface area contributed by atoms with Gasteiger partial charge < -0.3 is 15.4 Å². The molecule has 2 aromatic rings. The second-order valence-corrected chi connectivity index (χ2v) is 6.92. The van der Waals surface area contributed by atoms with Crippen LogP contribution in [0.3, 0.4) is 0 Å². The number of ether oxygens (including phenoxy) is 1. The highest BCUT2D eigenvalue weighted by atomic mass is 16.5. The van der Waals surface area contributed by atoms with Gasteiger partial charge >= 0.3 is 0 Å². The first-order valence-corrected chi connectivity index (χ1v) is 9.44. The van der Waals surface area contributed by atoms with E-state index in [2.05, 4.69) is 15.7 Å². The second kappa shape index (κ2) is 9.36. The van der Waals surface area contributed by atoms with Gasteiger partial charge in [-0.3, -0.25) is 19.2 Å². The molecular weight excluding hydrogens is 358 g/mol. The molecule has 1 saturated heterocycles. The fourth-order valence-corrected chi connectivity index (χ4v) is 3.42. The van der Waals surface area contributed by atoms with Gasteiger partial charge in [0.05, 0.1) is 25.8 Å². The number of nitrogens with one attached hydrogen (secondary N) is 2. The Morgan fingerprint density at radius 1 is 1.39 bits per heavy atom. The van der Waals surface area contributed by atoms with Crippen LogP contribution in [0.25, 0.3) is 0 Å². The lowest BCUT2D eigenvalue weighted by Gasteiger charge is -2.35. The number of hydrogen-bond acceptors (Lipinski definition) is 5. The van der Waals surface area contributed by atoms with Gasteiger partial charge in [0.15, 0.2) is 0 Å². The van der Waals surface area contributed by atoms with Gasteiger partial charge in [0, 0.05) is 45.0 Å². The third kappa shape index (κ3) is 5.10. The van der Waals surface area contributed by atoms with Gasteiger partial charge in [0.2, 0.25) is 11.8 Å². The van der Waals surface area contributed by atoms with E-state index in [-0.39, 0.29) is 18.2 Å². The lowest BCUT2D eigenvalue weighted by atomic mass is 10.1. The van der Waals surface area contributed by atoms with Crippen molar-refractivity contribution in [1.29, 1.82) is 0 Å².